The van der Waals surface area contributed by atoms with E-state index < -0.39 is 0 Å². The molecule has 0 radical (unpaired) electrons. The molecule has 0 bridgehead atoms. The summed E-state index contributed by atoms with van der Waals surface area (Å²) in [4.78, 5) is 9.00. The van der Waals surface area contributed by atoms with Crippen LogP contribution in [0.4, 0.5) is 5.82 Å². The maximum Gasteiger partial charge on any atom is 0.222 e. The van der Waals surface area contributed by atoms with Gasteiger partial charge in [0.15, 0.2) is 0 Å². The second-order valence-electron chi connectivity index (χ2n) is 6.09. The molecule has 2 saturated carbocycles. The molecule has 2 unspecified atom stereocenters. The average Bonchev–Trinajstić information content (AvgIpc) is 3.21. The van der Waals surface area contributed by atoms with Crippen LogP contribution in [0.2, 0.25) is 0 Å². The van der Waals surface area contributed by atoms with E-state index in [1.54, 1.807) is 0 Å². The van der Waals surface area contributed by atoms with Crippen LogP contribution in [0.5, 0.6) is 5.88 Å². The van der Waals surface area contributed by atoms with Crippen LogP contribution in [-0.2, 0) is 0 Å². The Morgan fingerprint density at radius 2 is 1.84 bits per heavy atom. The lowest BCUT2D eigenvalue weighted by atomic mass is 9.88. The Kier molecular flexibility index (Phi) is 3.33. The van der Waals surface area contributed by atoms with Gasteiger partial charge in [-0.25, -0.2) is 4.98 Å². The molecular weight excluding hydrogens is 238 g/mol. The highest BCUT2D eigenvalue weighted by Crippen LogP contribution is 2.40. The van der Waals surface area contributed by atoms with Gasteiger partial charge in [-0.15, -0.1) is 0 Å². The lowest BCUT2D eigenvalue weighted by Gasteiger charge is -2.29. The predicted octanol–water partition coefficient (Wildman–Crippen LogP) is 3.20. The fourth-order valence-electron chi connectivity index (χ4n) is 2.77. The first-order chi connectivity index (χ1) is 9.15. The van der Waals surface area contributed by atoms with Crippen molar-refractivity contribution in [3.63, 3.8) is 0 Å². The minimum Gasteiger partial charge on any atom is -0.474 e. The molecule has 19 heavy (non-hydrogen) atoms. The quantitative estimate of drug-likeness (QED) is 0.907. The Bertz CT molecular complexity index is 471. The summed E-state index contributed by atoms with van der Waals surface area (Å²) in [6, 6.07) is 0. The molecule has 4 nitrogen and oxygen atoms in total. The van der Waals surface area contributed by atoms with Gasteiger partial charge in [0.1, 0.15) is 17.7 Å². The molecule has 0 aromatic carbocycles. The number of hydrogen-bond acceptors (Lipinski definition) is 4. The molecule has 0 spiro atoms. The third kappa shape index (κ3) is 2.67. The Balaban J connectivity index is 1.82. The number of nitrogen functional groups attached to an aromatic ring is 1. The normalized spacial score (nSPS) is 27.3. The van der Waals surface area contributed by atoms with Gasteiger partial charge in [-0.05, 0) is 44.9 Å². The predicted molar refractivity (Wildman–Crippen MR) is 75.2 cm³/mol. The molecule has 2 aliphatic carbocycles. The average molecular weight is 261 g/mol. The number of aromatic nitrogens is 2. The van der Waals surface area contributed by atoms with E-state index in [1.165, 1.54) is 32.1 Å². The zero-order valence-corrected chi connectivity index (χ0v) is 11.9. The van der Waals surface area contributed by atoms with Crippen LogP contribution < -0.4 is 10.5 Å². The van der Waals surface area contributed by atoms with Gasteiger partial charge in [-0.2, -0.15) is 4.98 Å². The van der Waals surface area contributed by atoms with E-state index in [4.69, 9.17) is 10.5 Å². The van der Waals surface area contributed by atoms with E-state index in [-0.39, 0.29) is 6.10 Å². The molecule has 104 valence electrons. The molecule has 2 fully saturated rings. The largest absolute Gasteiger partial charge is 0.474 e. The van der Waals surface area contributed by atoms with Crippen LogP contribution in [0.3, 0.4) is 0 Å². The fraction of sp³-hybridized carbons (Fsp3) is 0.733. The van der Waals surface area contributed by atoms with Crippen molar-refractivity contribution >= 4 is 5.82 Å². The maximum atomic E-state index is 6.17. The topological polar surface area (TPSA) is 61.0 Å². The number of ether oxygens (including phenoxy) is 1. The van der Waals surface area contributed by atoms with Gasteiger partial charge in [0.05, 0.1) is 5.56 Å². The lowest BCUT2D eigenvalue weighted by molar-refractivity contribution is 0.0964. The van der Waals surface area contributed by atoms with E-state index in [9.17, 15) is 0 Å². The second-order valence-corrected chi connectivity index (χ2v) is 6.09. The Morgan fingerprint density at radius 3 is 2.53 bits per heavy atom. The summed E-state index contributed by atoms with van der Waals surface area (Å²) < 4.78 is 6.17. The van der Waals surface area contributed by atoms with Crippen molar-refractivity contribution in [2.45, 2.75) is 64.4 Å². The first-order valence-corrected chi connectivity index (χ1v) is 7.46. The minimum absolute atomic E-state index is 0.286. The number of anilines is 1. The molecule has 0 amide bonds. The van der Waals surface area contributed by atoms with E-state index in [1.807, 2.05) is 6.92 Å². The highest BCUT2D eigenvalue weighted by molar-refractivity contribution is 5.45. The van der Waals surface area contributed by atoms with Gasteiger partial charge in [0.2, 0.25) is 5.88 Å². The van der Waals surface area contributed by atoms with Crippen LogP contribution in [0.15, 0.2) is 0 Å². The first kappa shape index (κ1) is 12.7. The molecule has 2 atom stereocenters. The van der Waals surface area contributed by atoms with Gasteiger partial charge in [0, 0.05) is 5.92 Å². The summed E-state index contributed by atoms with van der Waals surface area (Å²) in [5, 5.41) is 0. The number of nitrogens with zero attached hydrogens (tertiary/aromatic N) is 2. The number of hydrogen-bond donors (Lipinski definition) is 1. The molecule has 0 saturated heterocycles. The lowest BCUT2D eigenvalue weighted by Crippen LogP contribution is -2.29. The summed E-state index contributed by atoms with van der Waals surface area (Å²) in [6.45, 7) is 4.22. The van der Waals surface area contributed by atoms with Gasteiger partial charge < -0.3 is 10.5 Å². The number of rotatable bonds is 3. The van der Waals surface area contributed by atoms with Gasteiger partial charge >= 0.3 is 0 Å². The van der Waals surface area contributed by atoms with Gasteiger partial charge in [-0.1, -0.05) is 13.3 Å². The molecular formula is C15H23N3O. The highest BCUT2D eigenvalue weighted by Gasteiger charge is 2.29. The van der Waals surface area contributed by atoms with Crippen molar-refractivity contribution in [3.8, 4) is 5.88 Å². The molecule has 2 aliphatic rings. The standard InChI is InChI=1S/C15H23N3O/c1-9-5-3-4-6-12(9)19-15-10(2)13(16)17-14(18-15)11-7-8-11/h9,11-12H,3-8H2,1-2H3,(H2,16,17,18). The van der Waals surface area contributed by atoms with Crippen LogP contribution in [0.25, 0.3) is 0 Å². The fourth-order valence-corrected chi connectivity index (χ4v) is 2.77. The van der Waals surface area contributed by atoms with Crippen molar-refractivity contribution in [1.29, 1.82) is 0 Å². The molecule has 0 aliphatic heterocycles. The van der Waals surface area contributed by atoms with E-state index >= 15 is 0 Å². The smallest absolute Gasteiger partial charge is 0.222 e. The summed E-state index contributed by atoms with van der Waals surface area (Å²) in [6.07, 6.45) is 7.60. The van der Waals surface area contributed by atoms with Crippen molar-refractivity contribution in [3.05, 3.63) is 11.4 Å². The third-order valence-corrected chi connectivity index (χ3v) is 4.39. The Morgan fingerprint density at radius 1 is 1.11 bits per heavy atom. The van der Waals surface area contributed by atoms with E-state index in [2.05, 4.69) is 16.9 Å². The zero-order valence-electron chi connectivity index (χ0n) is 11.9. The van der Waals surface area contributed by atoms with E-state index in [0.29, 0.717) is 23.5 Å². The van der Waals surface area contributed by atoms with Crippen molar-refractivity contribution in [2.75, 3.05) is 5.73 Å². The Labute approximate surface area is 114 Å². The monoisotopic (exact) mass is 261 g/mol. The first-order valence-electron chi connectivity index (χ1n) is 7.46. The summed E-state index contributed by atoms with van der Waals surface area (Å²) in [5.41, 5.74) is 6.89. The van der Waals surface area contributed by atoms with Crippen molar-refractivity contribution in [1.82, 2.24) is 9.97 Å². The van der Waals surface area contributed by atoms with Gasteiger partial charge in [0.25, 0.3) is 0 Å². The summed E-state index contributed by atoms with van der Waals surface area (Å²) in [7, 11) is 0. The van der Waals surface area contributed by atoms with Crippen LogP contribution in [0, 0.1) is 12.8 Å². The van der Waals surface area contributed by atoms with Crippen LogP contribution in [0.1, 0.15) is 62.8 Å². The minimum atomic E-state index is 0.286. The van der Waals surface area contributed by atoms with Crippen molar-refractivity contribution < 1.29 is 4.74 Å². The molecule has 3 rings (SSSR count). The molecule has 1 heterocycles. The maximum absolute atomic E-state index is 6.17. The SMILES string of the molecule is Cc1c(N)nc(C2CC2)nc1OC1CCCCC1C. The van der Waals surface area contributed by atoms with Crippen LogP contribution in [-0.4, -0.2) is 16.1 Å². The molecule has 1 aromatic rings. The number of nitrogens with two attached hydrogens (primary N) is 1. The third-order valence-electron chi connectivity index (χ3n) is 4.39. The highest BCUT2D eigenvalue weighted by atomic mass is 16.5. The van der Waals surface area contributed by atoms with Crippen LogP contribution >= 0.6 is 0 Å². The Hall–Kier alpha value is -1.32. The molecule has 1 aromatic heterocycles. The summed E-state index contributed by atoms with van der Waals surface area (Å²) in [5.74, 6) is 3.29. The van der Waals surface area contributed by atoms with Gasteiger partial charge in [-0.3, -0.25) is 0 Å². The van der Waals surface area contributed by atoms with E-state index in [0.717, 1.165) is 17.8 Å². The molecule has 2 N–H and O–H groups in total. The van der Waals surface area contributed by atoms with Crippen molar-refractivity contribution in [2.24, 2.45) is 5.92 Å². The summed E-state index contributed by atoms with van der Waals surface area (Å²) >= 11 is 0. The zero-order chi connectivity index (χ0) is 13.4. The second kappa shape index (κ2) is 4.99. The molecule has 4 heteroatoms.